The molecule has 0 saturated heterocycles. The van der Waals surface area contributed by atoms with Crippen LogP contribution in [0, 0.1) is 11.3 Å². The minimum Gasteiger partial charge on any atom is -0.494 e. The van der Waals surface area contributed by atoms with Gasteiger partial charge in [-0.25, -0.2) is 0 Å². The zero-order chi connectivity index (χ0) is 28.4. The van der Waals surface area contributed by atoms with Gasteiger partial charge in [-0.2, -0.15) is 5.26 Å². The molecule has 6 heteroatoms. The zero-order valence-corrected chi connectivity index (χ0v) is 23.1. The molecule has 3 N–H and O–H groups in total. The number of methoxy groups -OCH3 is 1. The quantitative estimate of drug-likeness (QED) is 0.153. The topological polar surface area (TPSA) is 86.5 Å². The van der Waals surface area contributed by atoms with E-state index in [-0.39, 0.29) is 6.61 Å². The maximum atomic E-state index is 9.24. The first-order valence-corrected chi connectivity index (χ1v) is 13.6. The largest absolute Gasteiger partial charge is 0.494 e. The molecule has 0 aliphatic heterocycles. The number of nitrogens with zero attached hydrogens (tertiary/aromatic N) is 1. The minimum absolute atomic E-state index is 0.0612. The predicted octanol–water partition coefficient (Wildman–Crippen LogP) is 6.66. The third-order valence-corrected chi connectivity index (χ3v) is 6.94. The molecule has 0 heterocycles. The molecule has 0 bridgehead atoms. The highest BCUT2D eigenvalue weighted by Crippen LogP contribution is 2.38. The molecule has 0 atom stereocenters. The van der Waals surface area contributed by atoms with E-state index < -0.39 is 0 Å². The zero-order valence-electron chi connectivity index (χ0n) is 23.1. The Kier molecular flexibility index (Phi) is 9.12. The molecular weight excluding hydrogens is 510 g/mol. The van der Waals surface area contributed by atoms with Crippen LogP contribution in [0.2, 0.25) is 0 Å². The lowest BCUT2D eigenvalue weighted by atomic mass is 10.00. The standard InChI is InChI=1S/C35H33N3O3/c1-40-35-32(30-14-13-28-8-2-3-9-29(28)20-30)10-5-11-33(35)38-22-26-12-15-34(31(19-26)23-37-16-17-39)41-24-27-7-4-6-25(18-27)21-36/h2-15,18-20,37-39H,16-17,22-24H2,1H3. The lowest BCUT2D eigenvalue weighted by Crippen LogP contribution is -2.18. The van der Waals surface area contributed by atoms with Crippen LogP contribution < -0.4 is 20.1 Å². The molecule has 206 valence electrons. The molecule has 0 amide bonds. The summed E-state index contributed by atoms with van der Waals surface area (Å²) in [5.74, 6) is 1.56. The molecule has 0 unspecified atom stereocenters. The van der Waals surface area contributed by atoms with E-state index in [4.69, 9.17) is 9.47 Å². The molecule has 0 radical (unpaired) electrons. The molecule has 5 rings (SSSR count). The Labute approximate surface area is 240 Å². The van der Waals surface area contributed by atoms with Gasteiger partial charge in [0.25, 0.3) is 0 Å². The summed E-state index contributed by atoms with van der Waals surface area (Å²) in [6, 6.07) is 36.7. The van der Waals surface area contributed by atoms with Crippen molar-refractivity contribution >= 4 is 16.5 Å². The molecule has 0 fully saturated rings. The fourth-order valence-corrected chi connectivity index (χ4v) is 4.89. The highest BCUT2D eigenvalue weighted by Gasteiger charge is 2.13. The molecule has 0 aromatic heterocycles. The summed E-state index contributed by atoms with van der Waals surface area (Å²) in [6.45, 7) is 2.06. The van der Waals surface area contributed by atoms with Crippen molar-refractivity contribution in [3.8, 4) is 28.7 Å². The van der Waals surface area contributed by atoms with Crippen LogP contribution in [0.5, 0.6) is 11.5 Å². The van der Waals surface area contributed by atoms with Crippen molar-refractivity contribution in [2.75, 3.05) is 25.6 Å². The van der Waals surface area contributed by atoms with Crippen molar-refractivity contribution in [1.29, 1.82) is 5.26 Å². The van der Waals surface area contributed by atoms with Gasteiger partial charge in [0.2, 0.25) is 0 Å². The van der Waals surface area contributed by atoms with Crippen molar-refractivity contribution < 1.29 is 14.6 Å². The van der Waals surface area contributed by atoms with Crippen molar-refractivity contribution in [2.24, 2.45) is 0 Å². The average molecular weight is 544 g/mol. The van der Waals surface area contributed by atoms with Gasteiger partial charge in [-0.05, 0) is 63.9 Å². The first-order valence-electron chi connectivity index (χ1n) is 13.6. The Bertz CT molecular complexity index is 1680. The summed E-state index contributed by atoms with van der Waals surface area (Å²) in [4.78, 5) is 0. The van der Waals surface area contributed by atoms with Crippen molar-refractivity contribution in [2.45, 2.75) is 19.7 Å². The van der Waals surface area contributed by atoms with Crippen LogP contribution in [0.25, 0.3) is 21.9 Å². The minimum atomic E-state index is 0.0612. The summed E-state index contributed by atoms with van der Waals surface area (Å²) in [5, 5.41) is 27.6. The molecule has 6 nitrogen and oxygen atoms in total. The molecule has 0 aliphatic rings. The van der Waals surface area contributed by atoms with Crippen molar-refractivity contribution in [3.05, 3.63) is 125 Å². The normalized spacial score (nSPS) is 10.8. The van der Waals surface area contributed by atoms with Crippen LogP contribution in [0.4, 0.5) is 5.69 Å². The van der Waals surface area contributed by atoms with Gasteiger partial charge in [0.1, 0.15) is 18.1 Å². The molecule has 0 saturated carbocycles. The Morgan fingerprint density at radius 1 is 0.805 bits per heavy atom. The van der Waals surface area contributed by atoms with Crippen molar-refractivity contribution in [3.63, 3.8) is 0 Å². The van der Waals surface area contributed by atoms with Gasteiger partial charge in [0.05, 0.1) is 31.0 Å². The summed E-state index contributed by atoms with van der Waals surface area (Å²) < 4.78 is 12.0. The van der Waals surface area contributed by atoms with E-state index in [1.54, 1.807) is 13.2 Å². The molecule has 5 aromatic rings. The average Bonchev–Trinajstić information content (AvgIpc) is 3.03. The number of nitrogens with one attached hydrogen (secondary N) is 2. The van der Waals surface area contributed by atoms with Gasteiger partial charge in [-0.3, -0.25) is 0 Å². The highest BCUT2D eigenvalue weighted by atomic mass is 16.5. The second-order valence-electron chi connectivity index (χ2n) is 9.75. The smallest absolute Gasteiger partial charge is 0.149 e. The highest BCUT2D eigenvalue weighted by molar-refractivity contribution is 5.89. The Hall–Kier alpha value is -4.83. The van der Waals surface area contributed by atoms with E-state index in [2.05, 4.69) is 71.3 Å². The number of hydrogen-bond acceptors (Lipinski definition) is 6. The Morgan fingerprint density at radius 3 is 2.49 bits per heavy atom. The van der Waals surface area contributed by atoms with Gasteiger partial charge in [-0.15, -0.1) is 0 Å². The number of rotatable bonds is 12. The summed E-state index contributed by atoms with van der Waals surface area (Å²) in [6.07, 6.45) is 0. The van der Waals surface area contributed by atoms with E-state index in [9.17, 15) is 10.4 Å². The SMILES string of the molecule is COc1c(NCc2ccc(OCc3cccc(C#N)c3)c(CNCCO)c2)cccc1-c1ccc2ccccc2c1. The van der Waals surface area contributed by atoms with Gasteiger partial charge < -0.3 is 25.2 Å². The van der Waals surface area contributed by atoms with Crippen LogP contribution in [-0.4, -0.2) is 25.4 Å². The van der Waals surface area contributed by atoms with Gasteiger partial charge in [-0.1, -0.05) is 66.7 Å². The number of nitriles is 1. The number of para-hydroxylation sites is 1. The van der Waals surface area contributed by atoms with Crippen LogP contribution >= 0.6 is 0 Å². The summed E-state index contributed by atoms with van der Waals surface area (Å²) >= 11 is 0. The van der Waals surface area contributed by atoms with E-state index in [0.29, 0.717) is 31.8 Å². The van der Waals surface area contributed by atoms with Gasteiger partial charge >= 0.3 is 0 Å². The lowest BCUT2D eigenvalue weighted by Gasteiger charge is -2.17. The molecule has 41 heavy (non-hydrogen) atoms. The third-order valence-electron chi connectivity index (χ3n) is 6.94. The third kappa shape index (κ3) is 6.85. The van der Waals surface area contributed by atoms with Crippen LogP contribution in [0.1, 0.15) is 22.3 Å². The van der Waals surface area contributed by atoms with Crippen LogP contribution in [0.15, 0.2) is 103 Å². The van der Waals surface area contributed by atoms with Crippen LogP contribution in [0.3, 0.4) is 0 Å². The monoisotopic (exact) mass is 543 g/mol. The van der Waals surface area contributed by atoms with E-state index in [0.717, 1.165) is 45.0 Å². The van der Waals surface area contributed by atoms with Crippen LogP contribution in [-0.2, 0) is 19.7 Å². The van der Waals surface area contributed by atoms with Gasteiger partial charge in [0, 0.05) is 30.8 Å². The number of benzene rings is 5. The fraction of sp³-hybridized carbons (Fsp3) is 0.171. The summed E-state index contributed by atoms with van der Waals surface area (Å²) in [5.41, 5.74) is 6.66. The number of anilines is 1. The second kappa shape index (κ2) is 13.5. The molecule has 5 aromatic carbocycles. The molecule has 0 spiro atoms. The number of hydrogen-bond donors (Lipinski definition) is 3. The molecular formula is C35H33N3O3. The predicted molar refractivity (Wildman–Crippen MR) is 164 cm³/mol. The Morgan fingerprint density at radius 2 is 1.66 bits per heavy atom. The van der Waals surface area contributed by atoms with Gasteiger partial charge in [0.15, 0.2) is 0 Å². The van der Waals surface area contributed by atoms with E-state index >= 15 is 0 Å². The number of ether oxygens (including phenoxy) is 2. The summed E-state index contributed by atoms with van der Waals surface area (Å²) in [7, 11) is 1.70. The first-order chi connectivity index (χ1) is 20.2. The maximum absolute atomic E-state index is 9.24. The lowest BCUT2D eigenvalue weighted by molar-refractivity contribution is 0.288. The fourth-order valence-electron chi connectivity index (χ4n) is 4.89. The van der Waals surface area contributed by atoms with Crippen molar-refractivity contribution in [1.82, 2.24) is 5.32 Å². The Balaban J connectivity index is 1.34. The number of aliphatic hydroxyl groups is 1. The second-order valence-corrected chi connectivity index (χ2v) is 9.75. The van der Waals surface area contributed by atoms with E-state index in [1.165, 1.54) is 10.8 Å². The number of fused-ring (bicyclic) bond motifs is 1. The molecule has 0 aliphatic carbocycles. The maximum Gasteiger partial charge on any atom is 0.149 e. The number of aliphatic hydroxyl groups excluding tert-OH is 1. The van der Waals surface area contributed by atoms with E-state index in [1.807, 2.05) is 42.5 Å². The first kappa shape index (κ1) is 27.7.